The molecule has 1 N–H and O–H groups in total. The molecule has 0 unspecified atom stereocenters. The lowest BCUT2D eigenvalue weighted by atomic mass is 10.2. The Morgan fingerprint density at radius 3 is 2.76 bits per heavy atom. The zero-order valence-electron chi connectivity index (χ0n) is 14.0. The Bertz CT molecular complexity index is 993. The molecule has 0 radical (unpaired) electrons. The summed E-state index contributed by atoms with van der Waals surface area (Å²) in [7, 11) is 0. The summed E-state index contributed by atoms with van der Waals surface area (Å²) < 4.78 is 2.10. The van der Waals surface area contributed by atoms with Crippen molar-refractivity contribution in [3.63, 3.8) is 0 Å². The summed E-state index contributed by atoms with van der Waals surface area (Å²) in [5, 5.41) is 12.7. The second kappa shape index (κ2) is 6.97. The molecule has 1 amide bonds. The monoisotopic (exact) mass is 331 g/mol. The number of nitrogens with one attached hydrogen (secondary N) is 1. The van der Waals surface area contributed by atoms with Gasteiger partial charge < -0.3 is 4.57 Å². The summed E-state index contributed by atoms with van der Waals surface area (Å²) in [6.07, 6.45) is 1.54. The number of hydrazone groups is 1. The molecule has 0 saturated carbocycles. The first-order chi connectivity index (χ1) is 12.1. The van der Waals surface area contributed by atoms with E-state index in [1.165, 1.54) is 6.21 Å². The smallest absolute Gasteiger partial charge is 0.271 e. The van der Waals surface area contributed by atoms with Crippen LogP contribution in [0, 0.1) is 18.3 Å². The van der Waals surface area contributed by atoms with Crippen molar-refractivity contribution in [2.75, 3.05) is 0 Å². The van der Waals surface area contributed by atoms with Gasteiger partial charge >= 0.3 is 0 Å². The van der Waals surface area contributed by atoms with E-state index in [-0.39, 0.29) is 5.91 Å². The second-order valence-corrected chi connectivity index (χ2v) is 5.54. The lowest BCUT2D eigenvalue weighted by molar-refractivity contribution is 0.0955. The number of aromatic nitrogens is 2. The minimum absolute atomic E-state index is 0.296. The van der Waals surface area contributed by atoms with E-state index in [0.29, 0.717) is 11.1 Å². The van der Waals surface area contributed by atoms with Crippen LogP contribution in [0.3, 0.4) is 0 Å². The number of rotatable bonds is 4. The Morgan fingerprint density at radius 2 is 2.08 bits per heavy atom. The molecular weight excluding hydrogens is 314 g/mol. The van der Waals surface area contributed by atoms with Gasteiger partial charge in [-0.3, -0.25) is 4.79 Å². The van der Waals surface area contributed by atoms with Gasteiger partial charge in [-0.25, -0.2) is 10.4 Å². The van der Waals surface area contributed by atoms with Gasteiger partial charge in [-0.1, -0.05) is 12.1 Å². The van der Waals surface area contributed by atoms with Gasteiger partial charge in [0.25, 0.3) is 5.91 Å². The SMILES string of the molecule is CCn1c(C)nc2cc(C(=O)N/N=C\c3ccc(C#N)cc3)ccc21. The molecule has 3 rings (SSSR count). The Morgan fingerprint density at radius 1 is 1.32 bits per heavy atom. The van der Waals surface area contributed by atoms with E-state index < -0.39 is 0 Å². The van der Waals surface area contributed by atoms with Gasteiger partial charge in [0.15, 0.2) is 0 Å². The number of amides is 1. The standard InChI is InChI=1S/C19H17N5O/c1-3-24-13(2)22-17-10-16(8-9-18(17)24)19(25)23-21-12-15-6-4-14(11-20)5-7-15/h4-10,12H,3H2,1-2H3,(H,23,25)/b21-12-. The van der Waals surface area contributed by atoms with Gasteiger partial charge in [-0.05, 0) is 49.7 Å². The van der Waals surface area contributed by atoms with E-state index in [1.807, 2.05) is 13.0 Å². The number of hydrogen-bond donors (Lipinski definition) is 1. The van der Waals surface area contributed by atoms with Crippen LogP contribution in [-0.4, -0.2) is 21.7 Å². The molecule has 25 heavy (non-hydrogen) atoms. The first-order valence-electron chi connectivity index (χ1n) is 7.93. The Labute approximate surface area is 145 Å². The van der Waals surface area contributed by atoms with Crippen molar-refractivity contribution in [2.45, 2.75) is 20.4 Å². The fourth-order valence-electron chi connectivity index (χ4n) is 2.66. The number of hydrogen-bond acceptors (Lipinski definition) is 4. The summed E-state index contributed by atoms with van der Waals surface area (Å²) in [5.41, 5.74) is 6.20. The zero-order valence-corrected chi connectivity index (χ0v) is 14.0. The van der Waals surface area contributed by atoms with E-state index in [0.717, 1.165) is 29.0 Å². The van der Waals surface area contributed by atoms with Crippen LogP contribution in [0.25, 0.3) is 11.0 Å². The second-order valence-electron chi connectivity index (χ2n) is 5.54. The van der Waals surface area contributed by atoms with Crippen molar-refractivity contribution in [3.05, 3.63) is 65.0 Å². The van der Waals surface area contributed by atoms with Gasteiger partial charge in [-0.2, -0.15) is 10.4 Å². The molecular formula is C19H17N5O. The molecule has 0 aliphatic carbocycles. The number of aryl methyl sites for hydroxylation is 2. The fraction of sp³-hybridized carbons (Fsp3) is 0.158. The third-order valence-electron chi connectivity index (χ3n) is 3.94. The predicted octanol–water partition coefficient (Wildman–Crippen LogP) is 3.00. The summed E-state index contributed by atoms with van der Waals surface area (Å²) in [4.78, 5) is 16.7. The van der Waals surface area contributed by atoms with Crippen LogP contribution in [0.5, 0.6) is 0 Å². The molecule has 0 fully saturated rings. The highest BCUT2D eigenvalue weighted by molar-refractivity contribution is 5.97. The normalized spacial score (nSPS) is 10.9. The summed E-state index contributed by atoms with van der Waals surface area (Å²) >= 11 is 0. The van der Waals surface area contributed by atoms with Gasteiger partial charge in [0.05, 0.1) is 28.9 Å². The minimum Gasteiger partial charge on any atom is -0.329 e. The molecule has 0 bridgehead atoms. The van der Waals surface area contributed by atoms with Crippen LogP contribution in [0.1, 0.15) is 34.2 Å². The maximum absolute atomic E-state index is 12.2. The Kier molecular flexibility index (Phi) is 4.57. The van der Waals surface area contributed by atoms with Crippen molar-refractivity contribution < 1.29 is 4.79 Å². The highest BCUT2D eigenvalue weighted by Crippen LogP contribution is 2.17. The maximum Gasteiger partial charge on any atom is 0.271 e. The van der Waals surface area contributed by atoms with Crippen molar-refractivity contribution in [3.8, 4) is 6.07 Å². The van der Waals surface area contributed by atoms with E-state index in [9.17, 15) is 4.79 Å². The number of carbonyl (C=O) groups is 1. The van der Waals surface area contributed by atoms with Crippen LogP contribution < -0.4 is 5.43 Å². The number of benzene rings is 2. The van der Waals surface area contributed by atoms with Crippen molar-refractivity contribution in [1.29, 1.82) is 5.26 Å². The highest BCUT2D eigenvalue weighted by atomic mass is 16.2. The molecule has 124 valence electrons. The van der Waals surface area contributed by atoms with Crippen LogP contribution in [0.2, 0.25) is 0 Å². The topological polar surface area (TPSA) is 83.1 Å². The van der Waals surface area contributed by atoms with E-state index in [1.54, 1.807) is 36.4 Å². The molecule has 0 aliphatic heterocycles. The molecule has 1 aromatic heterocycles. The average Bonchev–Trinajstić information content (AvgIpc) is 2.96. The molecule has 6 heteroatoms. The van der Waals surface area contributed by atoms with Crippen LogP contribution >= 0.6 is 0 Å². The summed E-state index contributed by atoms with van der Waals surface area (Å²) in [5.74, 6) is 0.629. The van der Waals surface area contributed by atoms with Crippen LogP contribution in [-0.2, 0) is 6.54 Å². The first-order valence-corrected chi connectivity index (χ1v) is 7.93. The fourth-order valence-corrected chi connectivity index (χ4v) is 2.66. The number of carbonyl (C=O) groups excluding carboxylic acids is 1. The van der Waals surface area contributed by atoms with Gasteiger partial charge in [0, 0.05) is 12.1 Å². The van der Waals surface area contributed by atoms with Gasteiger partial charge in [0.1, 0.15) is 5.82 Å². The van der Waals surface area contributed by atoms with Crippen LogP contribution in [0.4, 0.5) is 0 Å². The Balaban J connectivity index is 1.73. The molecule has 0 atom stereocenters. The molecule has 0 aliphatic rings. The molecule has 1 heterocycles. The molecule has 0 spiro atoms. The molecule has 6 nitrogen and oxygen atoms in total. The lowest BCUT2D eigenvalue weighted by Crippen LogP contribution is -2.17. The highest BCUT2D eigenvalue weighted by Gasteiger charge is 2.10. The lowest BCUT2D eigenvalue weighted by Gasteiger charge is -2.03. The predicted molar refractivity (Wildman–Crippen MR) is 96.4 cm³/mol. The Hall–Kier alpha value is -3.46. The van der Waals surface area contributed by atoms with E-state index >= 15 is 0 Å². The number of fused-ring (bicyclic) bond motifs is 1. The zero-order chi connectivity index (χ0) is 17.8. The van der Waals surface area contributed by atoms with Crippen molar-refractivity contribution in [1.82, 2.24) is 15.0 Å². The third-order valence-corrected chi connectivity index (χ3v) is 3.94. The van der Waals surface area contributed by atoms with E-state index in [4.69, 9.17) is 5.26 Å². The van der Waals surface area contributed by atoms with Gasteiger partial charge in [-0.15, -0.1) is 0 Å². The molecule has 0 saturated heterocycles. The third kappa shape index (κ3) is 3.40. The quantitative estimate of drug-likeness (QED) is 0.589. The maximum atomic E-state index is 12.2. The van der Waals surface area contributed by atoms with Crippen LogP contribution in [0.15, 0.2) is 47.6 Å². The van der Waals surface area contributed by atoms with Crippen molar-refractivity contribution in [2.24, 2.45) is 5.10 Å². The largest absolute Gasteiger partial charge is 0.329 e. The average molecular weight is 331 g/mol. The first kappa shape index (κ1) is 16.4. The molecule has 2 aromatic carbocycles. The number of imidazole rings is 1. The van der Waals surface area contributed by atoms with Crippen molar-refractivity contribution >= 4 is 23.2 Å². The van der Waals surface area contributed by atoms with Gasteiger partial charge in [0.2, 0.25) is 0 Å². The number of nitriles is 1. The minimum atomic E-state index is -0.296. The summed E-state index contributed by atoms with van der Waals surface area (Å²) in [6, 6.07) is 14.4. The summed E-state index contributed by atoms with van der Waals surface area (Å²) in [6.45, 7) is 4.85. The number of nitrogens with zero attached hydrogens (tertiary/aromatic N) is 4. The van der Waals surface area contributed by atoms with E-state index in [2.05, 4.69) is 33.1 Å². The molecule has 3 aromatic rings.